The number of aryl methyl sites for hydroxylation is 1. The van der Waals surface area contributed by atoms with Gasteiger partial charge >= 0.3 is 0 Å². The Kier molecular flexibility index (Phi) is 3.32. The number of halogens is 2. The fourth-order valence-corrected chi connectivity index (χ4v) is 1.67. The fourth-order valence-electron chi connectivity index (χ4n) is 1.34. The molecule has 0 saturated heterocycles. The van der Waals surface area contributed by atoms with Crippen molar-refractivity contribution in [2.24, 2.45) is 0 Å². The second kappa shape index (κ2) is 4.73. The average molecular weight is 253 g/mol. The Bertz CT molecular complexity index is 512. The first-order chi connectivity index (χ1) is 7.65. The van der Waals surface area contributed by atoms with E-state index in [0.717, 1.165) is 17.1 Å². The Morgan fingerprint density at radius 2 is 1.94 bits per heavy atom. The van der Waals surface area contributed by atoms with Gasteiger partial charge in [-0.05, 0) is 42.8 Å². The molecule has 0 amide bonds. The molecule has 0 aliphatic carbocycles. The number of anilines is 2. The van der Waals surface area contributed by atoms with Crippen LogP contribution in [0.15, 0.2) is 36.5 Å². The van der Waals surface area contributed by atoms with E-state index in [1.165, 1.54) is 0 Å². The van der Waals surface area contributed by atoms with Crippen LogP contribution in [0.1, 0.15) is 5.56 Å². The predicted molar refractivity (Wildman–Crippen MR) is 68.7 cm³/mol. The predicted octanol–water partition coefficient (Wildman–Crippen LogP) is 4.44. The lowest BCUT2D eigenvalue weighted by atomic mass is 10.3. The summed E-state index contributed by atoms with van der Waals surface area (Å²) in [5.74, 6) is 0.754. The van der Waals surface area contributed by atoms with Gasteiger partial charge in [0, 0.05) is 11.2 Å². The molecule has 0 fully saturated rings. The van der Waals surface area contributed by atoms with Crippen molar-refractivity contribution in [1.82, 2.24) is 4.98 Å². The van der Waals surface area contributed by atoms with Crippen molar-refractivity contribution in [3.05, 3.63) is 52.1 Å². The van der Waals surface area contributed by atoms with E-state index < -0.39 is 0 Å². The van der Waals surface area contributed by atoms with E-state index in [-0.39, 0.29) is 0 Å². The van der Waals surface area contributed by atoms with Gasteiger partial charge in [-0.15, -0.1) is 0 Å². The second-order valence-corrected chi connectivity index (χ2v) is 4.31. The molecule has 0 aliphatic heterocycles. The standard InChI is InChI=1S/C12H10Cl2N2/c1-8-4-5-15-12(6-8)16-11-7-9(13)2-3-10(11)14/h2-7H,1H3,(H,15,16). The summed E-state index contributed by atoms with van der Waals surface area (Å²) in [5.41, 5.74) is 1.89. The lowest BCUT2D eigenvalue weighted by molar-refractivity contribution is 1.27. The van der Waals surface area contributed by atoms with Crippen molar-refractivity contribution < 1.29 is 0 Å². The Hall–Kier alpha value is -1.25. The van der Waals surface area contributed by atoms with Gasteiger partial charge in [0.05, 0.1) is 10.7 Å². The van der Waals surface area contributed by atoms with Crippen LogP contribution in [0, 0.1) is 6.92 Å². The van der Waals surface area contributed by atoms with Crippen LogP contribution in [0.4, 0.5) is 11.5 Å². The minimum absolute atomic E-state index is 0.618. The summed E-state index contributed by atoms with van der Waals surface area (Å²) in [4.78, 5) is 4.19. The van der Waals surface area contributed by atoms with Gasteiger partial charge in [0.15, 0.2) is 0 Å². The minimum Gasteiger partial charge on any atom is -0.339 e. The number of nitrogens with one attached hydrogen (secondary N) is 1. The second-order valence-electron chi connectivity index (χ2n) is 3.47. The molecule has 1 aromatic carbocycles. The first-order valence-electron chi connectivity index (χ1n) is 4.80. The van der Waals surface area contributed by atoms with Crippen LogP contribution < -0.4 is 5.32 Å². The van der Waals surface area contributed by atoms with Gasteiger partial charge in [-0.25, -0.2) is 4.98 Å². The van der Waals surface area contributed by atoms with E-state index in [9.17, 15) is 0 Å². The number of hydrogen-bond donors (Lipinski definition) is 1. The van der Waals surface area contributed by atoms with Crippen molar-refractivity contribution in [2.75, 3.05) is 5.32 Å². The van der Waals surface area contributed by atoms with Crippen LogP contribution in [-0.2, 0) is 0 Å². The molecular weight excluding hydrogens is 243 g/mol. The van der Waals surface area contributed by atoms with E-state index in [1.54, 1.807) is 24.4 Å². The first kappa shape index (κ1) is 11.2. The summed E-state index contributed by atoms with van der Waals surface area (Å²) in [6.07, 6.45) is 1.75. The molecular formula is C12H10Cl2N2. The van der Waals surface area contributed by atoms with Gasteiger partial charge in [0.2, 0.25) is 0 Å². The number of aromatic nitrogens is 1. The number of pyridine rings is 1. The third-order valence-corrected chi connectivity index (χ3v) is 2.67. The van der Waals surface area contributed by atoms with E-state index in [2.05, 4.69) is 10.3 Å². The summed E-state index contributed by atoms with van der Waals surface area (Å²) >= 11 is 11.9. The third-order valence-electron chi connectivity index (χ3n) is 2.11. The Balaban J connectivity index is 2.30. The van der Waals surface area contributed by atoms with Gasteiger partial charge < -0.3 is 5.32 Å². The minimum atomic E-state index is 0.618. The maximum absolute atomic E-state index is 6.04. The molecule has 0 saturated carbocycles. The lowest BCUT2D eigenvalue weighted by Crippen LogP contribution is -1.94. The summed E-state index contributed by atoms with van der Waals surface area (Å²) < 4.78 is 0. The monoisotopic (exact) mass is 252 g/mol. The molecule has 0 spiro atoms. The highest BCUT2D eigenvalue weighted by Gasteiger charge is 2.02. The van der Waals surface area contributed by atoms with Gasteiger partial charge in [0.1, 0.15) is 5.82 Å². The van der Waals surface area contributed by atoms with Crippen molar-refractivity contribution in [3.63, 3.8) is 0 Å². The number of nitrogens with zero attached hydrogens (tertiary/aromatic N) is 1. The Morgan fingerprint density at radius 1 is 1.12 bits per heavy atom. The van der Waals surface area contributed by atoms with Crippen LogP contribution in [0.3, 0.4) is 0 Å². The third kappa shape index (κ3) is 2.65. The molecule has 1 heterocycles. The van der Waals surface area contributed by atoms with Gasteiger partial charge in [0.25, 0.3) is 0 Å². The molecule has 0 radical (unpaired) electrons. The molecule has 1 N–H and O–H groups in total. The number of rotatable bonds is 2. The van der Waals surface area contributed by atoms with Crippen molar-refractivity contribution in [1.29, 1.82) is 0 Å². The molecule has 0 unspecified atom stereocenters. The van der Waals surface area contributed by atoms with Crippen LogP contribution in [0.25, 0.3) is 0 Å². The quantitative estimate of drug-likeness (QED) is 0.855. The van der Waals surface area contributed by atoms with Crippen LogP contribution >= 0.6 is 23.2 Å². The molecule has 4 heteroatoms. The number of benzene rings is 1. The topological polar surface area (TPSA) is 24.9 Å². The van der Waals surface area contributed by atoms with Gasteiger partial charge in [-0.3, -0.25) is 0 Å². The highest BCUT2D eigenvalue weighted by molar-refractivity contribution is 6.35. The fraction of sp³-hybridized carbons (Fsp3) is 0.0833. The molecule has 2 rings (SSSR count). The van der Waals surface area contributed by atoms with Gasteiger partial charge in [-0.2, -0.15) is 0 Å². The zero-order valence-electron chi connectivity index (χ0n) is 8.67. The molecule has 2 nitrogen and oxygen atoms in total. The first-order valence-corrected chi connectivity index (χ1v) is 5.55. The lowest BCUT2D eigenvalue weighted by Gasteiger charge is -2.08. The van der Waals surface area contributed by atoms with Crippen LogP contribution in [0.2, 0.25) is 10.0 Å². The highest BCUT2D eigenvalue weighted by atomic mass is 35.5. The normalized spacial score (nSPS) is 10.2. The molecule has 16 heavy (non-hydrogen) atoms. The molecule has 0 bridgehead atoms. The molecule has 0 atom stereocenters. The number of hydrogen-bond acceptors (Lipinski definition) is 2. The van der Waals surface area contributed by atoms with Crippen molar-refractivity contribution in [3.8, 4) is 0 Å². The van der Waals surface area contributed by atoms with E-state index in [0.29, 0.717) is 10.0 Å². The highest BCUT2D eigenvalue weighted by Crippen LogP contribution is 2.27. The van der Waals surface area contributed by atoms with E-state index in [1.807, 2.05) is 19.1 Å². The van der Waals surface area contributed by atoms with Gasteiger partial charge in [-0.1, -0.05) is 23.2 Å². The van der Waals surface area contributed by atoms with Crippen LogP contribution in [0.5, 0.6) is 0 Å². The largest absolute Gasteiger partial charge is 0.339 e. The van der Waals surface area contributed by atoms with Crippen molar-refractivity contribution in [2.45, 2.75) is 6.92 Å². The average Bonchev–Trinajstić information content (AvgIpc) is 2.24. The zero-order valence-corrected chi connectivity index (χ0v) is 10.2. The Morgan fingerprint density at radius 3 is 2.69 bits per heavy atom. The zero-order chi connectivity index (χ0) is 11.5. The SMILES string of the molecule is Cc1ccnc(Nc2cc(Cl)ccc2Cl)c1. The summed E-state index contributed by atoms with van der Waals surface area (Å²) in [5, 5.41) is 4.38. The maximum Gasteiger partial charge on any atom is 0.130 e. The summed E-state index contributed by atoms with van der Waals surface area (Å²) in [7, 11) is 0. The summed E-state index contributed by atoms with van der Waals surface area (Å²) in [6, 6.07) is 9.15. The van der Waals surface area contributed by atoms with E-state index in [4.69, 9.17) is 23.2 Å². The molecule has 0 aliphatic rings. The smallest absolute Gasteiger partial charge is 0.130 e. The maximum atomic E-state index is 6.04. The molecule has 82 valence electrons. The van der Waals surface area contributed by atoms with Crippen LogP contribution in [-0.4, -0.2) is 4.98 Å². The Labute approximate surface area is 104 Å². The summed E-state index contributed by atoms with van der Waals surface area (Å²) in [6.45, 7) is 2.01. The van der Waals surface area contributed by atoms with E-state index >= 15 is 0 Å². The molecule has 1 aromatic heterocycles. The van der Waals surface area contributed by atoms with Crippen molar-refractivity contribution >= 4 is 34.7 Å². The molecule has 2 aromatic rings.